The Morgan fingerprint density at radius 2 is 2.16 bits per heavy atom. The second kappa shape index (κ2) is 5.43. The molecule has 1 atom stereocenters. The molecule has 2 aromatic heterocycles. The molecule has 1 unspecified atom stereocenters. The molecule has 3 aromatic rings. The van der Waals surface area contributed by atoms with Crippen LogP contribution in [-0.2, 0) is 6.54 Å². The number of hydrogen-bond donors (Lipinski definition) is 1. The number of methoxy groups -OCH3 is 1. The summed E-state index contributed by atoms with van der Waals surface area (Å²) in [4.78, 5) is 7.02. The van der Waals surface area contributed by atoms with E-state index in [1.54, 1.807) is 13.2 Å². The number of fused-ring (bicyclic) bond motifs is 2. The highest BCUT2D eigenvalue weighted by atomic mass is 35.5. The van der Waals surface area contributed by atoms with Gasteiger partial charge >= 0.3 is 0 Å². The minimum atomic E-state index is 0.211. The van der Waals surface area contributed by atoms with Gasteiger partial charge in [-0.05, 0) is 41.9 Å². The molecule has 0 aliphatic carbocycles. The summed E-state index contributed by atoms with van der Waals surface area (Å²) in [5.41, 5.74) is 5.70. The normalized spacial score (nSPS) is 17.0. The van der Waals surface area contributed by atoms with Crippen LogP contribution in [-0.4, -0.2) is 18.6 Å². The maximum absolute atomic E-state index is 5.92. The van der Waals surface area contributed by atoms with Gasteiger partial charge in [0.2, 0.25) is 5.88 Å². The Kier molecular flexibility index (Phi) is 3.18. The number of aromatic nitrogens is 1. The van der Waals surface area contributed by atoms with Gasteiger partial charge in [0.25, 0.3) is 0 Å². The maximum atomic E-state index is 5.92. The summed E-state index contributed by atoms with van der Waals surface area (Å²) in [6.07, 6.45) is 0. The number of nitrogens with zero attached hydrogens (tertiary/aromatic N) is 2. The first-order valence-electron chi connectivity index (χ1n) is 8.17. The quantitative estimate of drug-likeness (QED) is 0.748. The molecule has 25 heavy (non-hydrogen) atoms. The van der Waals surface area contributed by atoms with E-state index in [4.69, 9.17) is 25.7 Å². The summed E-state index contributed by atoms with van der Waals surface area (Å²) in [5.74, 6) is 1.70. The maximum Gasteiger partial charge on any atom is 0.213 e. The lowest BCUT2D eigenvalue weighted by molar-refractivity contribution is 0.396. The number of benzene rings is 1. The molecule has 4 heterocycles. The van der Waals surface area contributed by atoms with Crippen molar-refractivity contribution in [2.75, 3.05) is 23.9 Å². The van der Waals surface area contributed by atoms with Crippen LogP contribution in [0.15, 0.2) is 46.9 Å². The summed E-state index contributed by atoms with van der Waals surface area (Å²) in [7, 11) is 1.64. The van der Waals surface area contributed by atoms with E-state index in [9.17, 15) is 0 Å². The van der Waals surface area contributed by atoms with Crippen molar-refractivity contribution in [2.45, 2.75) is 12.5 Å². The smallest absolute Gasteiger partial charge is 0.213 e. The van der Waals surface area contributed by atoms with E-state index in [0.29, 0.717) is 17.6 Å². The number of hydrogen-bond acceptors (Lipinski definition) is 5. The van der Waals surface area contributed by atoms with Crippen LogP contribution < -0.4 is 15.0 Å². The minimum Gasteiger partial charge on any atom is -0.481 e. The van der Waals surface area contributed by atoms with Crippen molar-refractivity contribution in [2.24, 2.45) is 0 Å². The fourth-order valence-electron chi connectivity index (χ4n) is 3.80. The van der Waals surface area contributed by atoms with Crippen LogP contribution in [0.5, 0.6) is 5.88 Å². The molecule has 2 aliphatic rings. The van der Waals surface area contributed by atoms with Crippen molar-refractivity contribution in [3.05, 3.63) is 64.7 Å². The van der Waals surface area contributed by atoms with E-state index in [1.807, 2.05) is 18.2 Å². The molecule has 0 bridgehead atoms. The van der Waals surface area contributed by atoms with Crippen molar-refractivity contribution in [3.8, 4) is 5.88 Å². The number of pyridine rings is 1. The van der Waals surface area contributed by atoms with E-state index < -0.39 is 0 Å². The van der Waals surface area contributed by atoms with E-state index in [2.05, 4.69) is 28.4 Å². The molecular weight excluding hydrogens is 338 g/mol. The van der Waals surface area contributed by atoms with Gasteiger partial charge in [0.1, 0.15) is 5.76 Å². The summed E-state index contributed by atoms with van der Waals surface area (Å²) >= 11 is 5.92. The van der Waals surface area contributed by atoms with Gasteiger partial charge in [-0.2, -0.15) is 0 Å². The molecule has 5 nitrogen and oxygen atoms in total. The Morgan fingerprint density at radius 1 is 1.24 bits per heavy atom. The highest BCUT2D eigenvalue weighted by molar-refractivity contribution is 6.28. The lowest BCUT2D eigenvalue weighted by Gasteiger charge is -2.24. The molecule has 126 valence electrons. The van der Waals surface area contributed by atoms with E-state index >= 15 is 0 Å². The summed E-state index contributed by atoms with van der Waals surface area (Å²) < 4.78 is 10.9. The lowest BCUT2D eigenvalue weighted by Crippen LogP contribution is -2.22. The van der Waals surface area contributed by atoms with Gasteiger partial charge in [0, 0.05) is 29.5 Å². The van der Waals surface area contributed by atoms with Crippen molar-refractivity contribution in [3.63, 3.8) is 0 Å². The number of rotatable bonds is 3. The number of nitrogens with one attached hydrogen (secondary N) is 1. The van der Waals surface area contributed by atoms with Crippen LogP contribution in [0.3, 0.4) is 0 Å². The third-order valence-electron chi connectivity index (χ3n) is 4.86. The Morgan fingerprint density at radius 3 is 2.96 bits per heavy atom. The largest absolute Gasteiger partial charge is 0.481 e. The highest BCUT2D eigenvalue weighted by Crippen LogP contribution is 2.50. The molecule has 5 rings (SSSR count). The number of furan rings is 1. The van der Waals surface area contributed by atoms with Crippen LogP contribution in [0, 0.1) is 0 Å². The van der Waals surface area contributed by atoms with Gasteiger partial charge in [0.15, 0.2) is 5.22 Å². The van der Waals surface area contributed by atoms with Crippen LogP contribution in [0.2, 0.25) is 5.22 Å². The molecule has 0 spiro atoms. The monoisotopic (exact) mass is 353 g/mol. The number of anilines is 3. The topological polar surface area (TPSA) is 50.5 Å². The van der Waals surface area contributed by atoms with Gasteiger partial charge in [-0.25, -0.2) is 4.98 Å². The molecule has 6 heteroatoms. The van der Waals surface area contributed by atoms with Crippen LogP contribution in [0.25, 0.3) is 0 Å². The van der Waals surface area contributed by atoms with Gasteiger partial charge in [-0.3, -0.25) is 0 Å². The predicted molar refractivity (Wildman–Crippen MR) is 97.1 cm³/mol. The Labute approximate surface area is 150 Å². The van der Waals surface area contributed by atoms with Crippen LogP contribution in [0.1, 0.15) is 22.9 Å². The van der Waals surface area contributed by atoms with E-state index in [0.717, 1.165) is 29.4 Å². The summed E-state index contributed by atoms with van der Waals surface area (Å²) in [6.45, 7) is 1.53. The first-order valence-corrected chi connectivity index (χ1v) is 8.55. The lowest BCUT2D eigenvalue weighted by atomic mass is 9.91. The zero-order valence-corrected chi connectivity index (χ0v) is 14.4. The highest BCUT2D eigenvalue weighted by Gasteiger charge is 2.37. The predicted octanol–water partition coefficient (Wildman–Crippen LogP) is 4.55. The van der Waals surface area contributed by atoms with Gasteiger partial charge in [-0.1, -0.05) is 6.07 Å². The molecule has 0 amide bonds. The summed E-state index contributed by atoms with van der Waals surface area (Å²) in [5, 5.41) is 3.92. The molecule has 1 N–H and O–H groups in total. The van der Waals surface area contributed by atoms with E-state index in [-0.39, 0.29) is 5.92 Å². The fourth-order valence-corrected chi connectivity index (χ4v) is 3.96. The zero-order chi connectivity index (χ0) is 17.0. The van der Waals surface area contributed by atoms with Crippen molar-refractivity contribution < 1.29 is 9.15 Å². The standard InChI is InChI=1S/C19H16ClN3O2/c1-24-17-8-6-14-19(22-17)12-10-23(9-11-5-7-16(20)25-11)15-4-2-3-13(21-14)18(12)15/h2-8,12,21H,9-10H2,1H3. The van der Waals surface area contributed by atoms with Crippen molar-refractivity contribution in [1.29, 1.82) is 0 Å². The Hall–Kier alpha value is -2.66. The number of ether oxygens (including phenoxy) is 1. The second-order valence-corrected chi connectivity index (χ2v) is 6.66. The fraction of sp³-hybridized carbons (Fsp3) is 0.211. The van der Waals surface area contributed by atoms with Crippen molar-refractivity contribution >= 4 is 28.7 Å². The Bertz CT molecular complexity index is 969. The second-order valence-electron chi connectivity index (χ2n) is 6.29. The molecule has 0 saturated heterocycles. The third kappa shape index (κ3) is 2.27. The SMILES string of the molecule is COc1ccc2c(n1)C1CN(Cc3ccc(Cl)o3)c3cccc(c31)N2. The van der Waals surface area contributed by atoms with Gasteiger partial charge < -0.3 is 19.4 Å². The average Bonchev–Trinajstić information content (AvgIpc) is 3.20. The molecule has 0 radical (unpaired) electrons. The zero-order valence-electron chi connectivity index (χ0n) is 13.6. The molecular formula is C19H16ClN3O2. The molecule has 0 saturated carbocycles. The molecule has 1 aromatic carbocycles. The minimum absolute atomic E-state index is 0.211. The molecule has 2 aliphatic heterocycles. The van der Waals surface area contributed by atoms with Crippen LogP contribution in [0.4, 0.5) is 17.1 Å². The Balaban J connectivity index is 1.58. The molecule has 0 fully saturated rings. The number of halogens is 1. The van der Waals surface area contributed by atoms with E-state index in [1.165, 1.54) is 11.3 Å². The van der Waals surface area contributed by atoms with Gasteiger partial charge in [-0.15, -0.1) is 0 Å². The summed E-state index contributed by atoms with van der Waals surface area (Å²) in [6, 6.07) is 14.0. The average molecular weight is 354 g/mol. The third-order valence-corrected chi connectivity index (χ3v) is 5.06. The van der Waals surface area contributed by atoms with Crippen molar-refractivity contribution in [1.82, 2.24) is 4.98 Å². The first-order chi connectivity index (χ1) is 12.2. The van der Waals surface area contributed by atoms with Crippen LogP contribution >= 0.6 is 11.6 Å². The first kappa shape index (κ1) is 14.7. The van der Waals surface area contributed by atoms with Gasteiger partial charge in [0.05, 0.1) is 31.0 Å².